The quantitative estimate of drug-likeness (QED) is 0.609. The molecule has 3 heteroatoms. The molecule has 1 aromatic heterocycles. The van der Waals surface area contributed by atoms with Crippen LogP contribution in [0.4, 0.5) is 11.4 Å². The summed E-state index contributed by atoms with van der Waals surface area (Å²) in [6.07, 6.45) is 4.15. The van der Waals surface area contributed by atoms with Gasteiger partial charge in [0.15, 0.2) is 0 Å². The maximum absolute atomic E-state index is 5.91. The van der Waals surface area contributed by atoms with E-state index in [4.69, 9.17) is 5.73 Å². The van der Waals surface area contributed by atoms with Crippen molar-refractivity contribution < 1.29 is 0 Å². The van der Waals surface area contributed by atoms with Crippen molar-refractivity contribution in [3.8, 4) is 0 Å². The molecule has 0 radical (unpaired) electrons. The lowest BCUT2D eigenvalue weighted by Crippen LogP contribution is -2.02. The van der Waals surface area contributed by atoms with Crippen LogP contribution < -0.4 is 11.1 Å². The van der Waals surface area contributed by atoms with Gasteiger partial charge in [-0.05, 0) is 30.7 Å². The van der Waals surface area contributed by atoms with Gasteiger partial charge >= 0.3 is 0 Å². The van der Waals surface area contributed by atoms with Crippen LogP contribution in [0.1, 0.15) is 19.8 Å². The number of fused-ring (bicyclic) bond motifs is 1. The minimum Gasteiger partial charge on any atom is -0.398 e. The molecule has 0 saturated carbocycles. The van der Waals surface area contributed by atoms with Crippen molar-refractivity contribution in [2.24, 2.45) is 0 Å². The average molecular weight is 215 g/mol. The molecule has 0 spiro atoms. The maximum Gasteiger partial charge on any atom is 0.0953 e. The number of hydrogen-bond acceptors (Lipinski definition) is 3. The maximum atomic E-state index is 5.91. The zero-order valence-electron chi connectivity index (χ0n) is 9.53. The van der Waals surface area contributed by atoms with Crippen molar-refractivity contribution >= 4 is 22.3 Å². The summed E-state index contributed by atoms with van der Waals surface area (Å²) < 4.78 is 0. The highest BCUT2D eigenvalue weighted by Gasteiger charge is 2.03. The van der Waals surface area contributed by atoms with E-state index in [1.165, 1.54) is 12.8 Å². The molecule has 16 heavy (non-hydrogen) atoms. The molecule has 0 amide bonds. The monoisotopic (exact) mass is 215 g/mol. The Morgan fingerprint density at radius 1 is 1.31 bits per heavy atom. The van der Waals surface area contributed by atoms with Crippen molar-refractivity contribution in [2.45, 2.75) is 19.8 Å². The van der Waals surface area contributed by atoms with Crippen LogP contribution in [0.3, 0.4) is 0 Å². The van der Waals surface area contributed by atoms with E-state index >= 15 is 0 Å². The third-order valence-electron chi connectivity index (χ3n) is 2.65. The molecule has 3 nitrogen and oxygen atoms in total. The van der Waals surface area contributed by atoms with E-state index < -0.39 is 0 Å². The number of aromatic nitrogens is 1. The molecule has 2 rings (SSSR count). The van der Waals surface area contributed by atoms with E-state index in [-0.39, 0.29) is 0 Å². The van der Waals surface area contributed by atoms with E-state index in [0.717, 1.165) is 28.8 Å². The number of unbranched alkanes of at least 4 members (excludes halogenated alkanes) is 1. The van der Waals surface area contributed by atoms with Crippen LogP contribution in [0.25, 0.3) is 10.9 Å². The summed E-state index contributed by atoms with van der Waals surface area (Å²) in [5.74, 6) is 0. The van der Waals surface area contributed by atoms with Crippen LogP contribution in [0, 0.1) is 0 Å². The summed E-state index contributed by atoms with van der Waals surface area (Å²) in [6.45, 7) is 3.16. The molecule has 0 fully saturated rings. The molecule has 0 unspecified atom stereocenters. The van der Waals surface area contributed by atoms with Gasteiger partial charge in [-0.25, -0.2) is 0 Å². The molecule has 1 heterocycles. The SMILES string of the molecule is CCCCNc1ccc(N)c2cccnc12. The van der Waals surface area contributed by atoms with Gasteiger partial charge < -0.3 is 11.1 Å². The minimum atomic E-state index is 0.782. The smallest absolute Gasteiger partial charge is 0.0953 e. The Kier molecular flexibility index (Phi) is 3.25. The van der Waals surface area contributed by atoms with Gasteiger partial charge in [-0.2, -0.15) is 0 Å². The Morgan fingerprint density at radius 3 is 3.00 bits per heavy atom. The van der Waals surface area contributed by atoms with E-state index in [1.54, 1.807) is 6.20 Å². The van der Waals surface area contributed by atoms with Crippen molar-refractivity contribution in [1.29, 1.82) is 0 Å². The van der Waals surface area contributed by atoms with Gasteiger partial charge in [0.1, 0.15) is 0 Å². The van der Waals surface area contributed by atoms with Crippen LogP contribution in [0.5, 0.6) is 0 Å². The number of rotatable bonds is 4. The Balaban J connectivity index is 2.35. The lowest BCUT2D eigenvalue weighted by molar-refractivity contribution is 0.835. The predicted octanol–water partition coefficient (Wildman–Crippen LogP) is 3.03. The Hall–Kier alpha value is -1.77. The second-order valence-electron chi connectivity index (χ2n) is 3.88. The fraction of sp³-hybridized carbons (Fsp3) is 0.308. The summed E-state index contributed by atoms with van der Waals surface area (Å²) >= 11 is 0. The number of nitrogens with two attached hydrogens (primary N) is 1. The Bertz CT molecular complexity index is 480. The molecule has 0 aliphatic carbocycles. The molecule has 2 aromatic rings. The second kappa shape index (κ2) is 4.84. The average Bonchev–Trinajstić information content (AvgIpc) is 2.33. The molecular weight excluding hydrogens is 198 g/mol. The second-order valence-corrected chi connectivity index (χ2v) is 3.88. The summed E-state index contributed by atoms with van der Waals surface area (Å²) in [5.41, 5.74) is 8.72. The van der Waals surface area contributed by atoms with Crippen molar-refractivity contribution in [2.75, 3.05) is 17.6 Å². The summed E-state index contributed by atoms with van der Waals surface area (Å²) in [5, 5.41) is 4.42. The van der Waals surface area contributed by atoms with Gasteiger partial charge in [0.05, 0.1) is 11.2 Å². The fourth-order valence-corrected chi connectivity index (χ4v) is 1.74. The van der Waals surface area contributed by atoms with Crippen molar-refractivity contribution in [3.05, 3.63) is 30.5 Å². The molecule has 0 saturated heterocycles. The number of benzene rings is 1. The van der Waals surface area contributed by atoms with Crippen LogP contribution >= 0.6 is 0 Å². The molecular formula is C13H17N3. The molecule has 0 atom stereocenters. The van der Waals surface area contributed by atoms with Crippen LogP contribution in [-0.4, -0.2) is 11.5 Å². The van der Waals surface area contributed by atoms with Gasteiger partial charge in [-0.3, -0.25) is 4.98 Å². The summed E-state index contributed by atoms with van der Waals surface area (Å²) in [7, 11) is 0. The third-order valence-corrected chi connectivity index (χ3v) is 2.65. The topological polar surface area (TPSA) is 50.9 Å². The van der Waals surface area contributed by atoms with Gasteiger partial charge in [0.25, 0.3) is 0 Å². The van der Waals surface area contributed by atoms with Crippen LogP contribution in [0.2, 0.25) is 0 Å². The highest BCUT2D eigenvalue weighted by Crippen LogP contribution is 2.26. The Labute approximate surface area is 95.7 Å². The van der Waals surface area contributed by atoms with E-state index in [2.05, 4.69) is 17.2 Å². The molecule has 3 N–H and O–H groups in total. The third kappa shape index (κ3) is 2.08. The number of hydrogen-bond donors (Lipinski definition) is 2. The van der Waals surface area contributed by atoms with E-state index in [9.17, 15) is 0 Å². The lowest BCUT2D eigenvalue weighted by Gasteiger charge is -2.09. The van der Waals surface area contributed by atoms with E-state index in [1.807, 2.05) is 24.3 Å². The number of anilines is 2. The van der Waals surface area contributed by atoms with Gasteiger partial charge in [0, 0.05) is 23.8 Å². The normalized spacial score (nSPS) is 10.6. The van der Waals surface area contributed by atoms with E-state index in [0.29, 0.717) is 0 Å². The largest absolute Gasteiger partial charge is 0.398 e. The van der Waals surface area contributed by atoms with Gasteiger partial charge in [0.2, 0.25) is 0 Å². The first kappa shape index (κ1) is 10.7. The highest BCUT2D eigenvalue weighted by molar-refractivity contribution is 5.98. The number of nitrogen functional groups attached to an aromatic ring is 1. The van der Waals surface area contributed by atoms with Gasteiger partial charge in [-0.1, -0.05) is 13.3 Å². The molecule has 0 bridgehead atoms. The first-order valence-corrected chi connectivity index (χ1v) is 5.70. The predicted molar refractivity (Wildman–Crippen MR) is 69.6 cm³/mol. The Morgan fingerprint density at radius 2 is 2.19 bits per heavy atom. The first-order chi connectivity index (χ1) is 7.83. The summed E-state index contributed by atoms with van der Waals surface area (Å²) in [4.78, 5) is 4.38. The number of nitrogens with one attached hydrogen (secondary N) is 1. The molecule has 0 aliphatic heterocycles. The zero-order chi connectivity index (χ0) is 11.4. The fourth-order valence-electron chi connectivity index (χ4n) is 1.74. The molecule has 84 valence electrons. The summed E-state index contributed by atoms with van der Waals surface area (Å²) in [6, 6.07) is 7.84. The lowest BCUT2D eigenvalue weighted by atomic mass is 10.1. The van der Waals surface area contributed by atoms with Crippen molar-refractivity contribution in [1.82, 2.24) is 4.98 Å². The molecule has 0 aliphatic rings. The van der Waals surface area contributed by atoms with Crippen LogP contribution in [-0.2, 0) is 0 Å². The first-order valence-electron chi connectivity index (χ1n) is 5.70. The standard InChI is InChI=1S/C13H17N3/c1-2-3-8-15-12-7-6-11(14)10-5-4-9-16-13(10)12/h4-7,9,15H,2-3,8,14H2,1H3. The van der Waals surface area contributed by atoms with Crippen molar-refractivity contribution in [3.63, 3.8) is 0 Å². The number of pyridine rings is 1. The highest BCUT2D eigenvalue weighted by atomic mass is 14.9. The molecule has 1 aromatic carbocycles. The zero-order valence-corrected chi connectivity index (χ0v) is 9.53. The number of nitrogens with zero attached hydrogens (tertiary/aromatic N) is 1. The minimum absolute atomic E-state index is 0.782. The van der Waals surface area contributed by atoms with Gasteiger partial charge in [-0.15, -0.1) is 0 Å². The van der Waals surface area contributed by atoms with Crippen LogP contribution in [0.15, 0.2) is 30.5 Å².